The molecule has 1 saturated heterocycles. The molecular weight excluding hydrogens is 256 g/mol. The predicted molar refractivity (Wildman–Crippen MR) is 78.5 cm³/mol. The maximum absolute atomic E-state index is 11.9. The van der Waals surface area contributed by atoms with E-state index < -0.39 is 0 Å². The minimum Gasteiger partial charge on any atom is -0.330 e. The number of likely N-dealkylation sites (tertiary alicyclic amines) is 1. The summed E-state index contributed by atoms with van der Waals surface area (Å²) < 4.78 is 2.68. The smallest absolute Gasteiger partial charge is 0.330 e. The molecule has 1 aliphatic rings. The minimum absolute atomic E-state index is 0.246. The molecule has 1 aromatic rings. The van der Waals surface area contributed by atoms with Crippen molar-refractivity contribution in [3.8, 4) is 0 Å². The van der Waals surface area contributed by atoms with E-state index in [0.29, 0.717) is 24.9 Å². The Bertz CT molecular complexity index is 590. The van der Waals surface area contributed by atoms with Gasteiger partial charge in [-0.25, -0.2) is 4.79 Å². The van der Waals surface area contributed by atoms with Crippen LogP contribution in [0.4, 0.5) is 0 Å². The summed E-state index contributed by atoms with van der Waals surface area (Å²) in [6, 6.07) is 1.55. The van der Waals surface area contributed by atoms with Crippen LogP contribution in [0.5, 0.6) is 0 Å². The number of aromatic nitrogens is 2. The molecule has 112 valence electrons. The Hall–Kier alpha value is -1.40. The second-order valence-electron chi connectivity index (χ2n) is 5.87. The van der Waals surface area contributed by atoms with E-state index in [-0.39, 0.29) is 11.2 Å². The molecule has 1 aliphatic heterocycles. The average Bonchev–Trinajstić information content (AvgIpc) is 2.44. The Kier molecular flexibility index (Phi) is 4.45. The van der Waals surface area contributed by atoms with Gasteiger partial charge < -0.3 is 5.73 Å². The first-order chi connectivity index (χ1) is 9.43. The van der Waals surface area contributed by atoms with E-state index in [1.165, 1.54) is 7.05 Å². The van der Waals surface area contributed by atoms with Crippen molar-refractivity contribution in [3.63, 3.8) is 0 Å². The van der Waals surface area contributed by atoms with Crippen LogP contribution in [0.25, 0.3) is 0 Å². The molecule has 2 atom stereocenters. The standard InChI is InChI=1S/C14H24N4O2/c1-10-4-5-18(8-11(10)7-15)9-12-6-13(19)17(3)14(20)16(12)2/h6,10-11H,4-5,7-9,15H2,1-3H3. The van der Waals surface area contributed by atoms with Crippen LogP contribution < -0.4 is 17.0 Å². The summed E-state index contributed by atoms with van der Waals surface area (Å²) in [4.78, 5) is 25.9. The number of hydrogen-bond acceptors (Lipinski definition) is 4. The van der Waals surface area contributed by atoms with Crippen molar-refractivity contribution in [1.29, 1.82) is 0 Å². The van der Waals surface area contributed by atoms with E-state index in [0.717, 1.165) is 29.8 Å². The molecule has 1 aromatic heterocycles. The lowest BCUT2D eigenvalue weighted by Gasteiger charge is -2.36. The molecule has 0 radical (unpaired) electrons. The van der Waals surface area contributed by atoms with Gasteiger partial charge in [0.15, 0.2) is 0 Å². The van der Waals surface area contributed by atoms with E-state index in [1.54, 1.807) is 17.7 Å². The number of nitrogens with zero attached hydrogens (tertiary/aromatic N) is 3. The number of nitrogens with two attached hydrogens (primary N) is 1. The van der Waals surface area contributed by atoms with Gasteiger partial charge in [-0.3, -0.25) is 18.8 Å². The molecule has 0 aromatic carbocycles. The van der Waals surface area contributed by atoms with Gasteiger partial charge in [0.25, 0.3) is 5.56 Å². The van der Waals surface area contributed by atoms with Gasteiger partial charge >= 0.3 is 5.69 Å². The van der Waals surface area contributed by atoms with Gasteiger partial charge in [0, 0.05) is 38.9 Å². The predicted octanol–water partition coefficient (Wildman–Crippen LogP) is -0.499. The Balaban J connectivity index is 2.19. The van der Waals surface area contributed by atoms with Crippen molar-refractivity contribution in [2.75, 3.05) is 19.6 Å². The number of rotatable bonds is 3. The van der Waals surface area contributed by atoms with Crippen molar-refractivity contribution in [2.45, 2.75) is 19.9 Å². The van der Waals surface area contributed by atoms with Crippen LogP contribution in [0.3, 0.4) is 0 Å². The fraction of sp³-hybridized carbons (Fsp3) is 0.714. The topological polar surface area (TPSA) is 73.3 Å². The zero-order valence-electron chi connectivity index (χ0n) is 12.5. The molecule has 2 heterocycles. The second kappa shape index (κ2) is 5.93. The van der Waals surface area contributed by atoms with E-state index in [1.807, 2.05) is 0 Å². The van der Waals surface area contributed by atoms with Gasteiger partial charge in [-0.05, 0) is 31.3 Å². The van der Waals surface area contributed by atoms with Crippen LogP contribution in [0.15, 0.2) is 15.7 Å². The lowest BCUT2D eigenvalue weighted by Crippen LogP contribution is -2.44. The molecule has 1 fully saturated rings. The van der Waals surface area contributed by atoms with Gasteiger partial charge in [0.05, 0.1) is 0 Å². The SMILES string of the molecule is CC1CCN(Cc2cc(=O)n(C)c(=O)n2C)CC1CN. The summed E-state index contributed by atoms with van der Waals surface area (Å²) in [5, 5.41) is 0. The minimum atomic E-state index is -0.270. The Morgan fingerprint density at radius 1 is 1.30 bits per heavy atom. The third-order valence-electron chi connectivity index (χ3n) is 4.51. The van der Waals surface area contributed by atoms with Crippen LogP contribution >= 0.6 is 0 Å². The van der Waals surface area contributed by atoms with Gasteiger partial charge in [-0.1, -0.05) is 6.92 Å². The maximum atomic E-state index is 11.9. The third kappa shape index (κ3) is 2.86. The third-order valence-corrected chi connectivity index (χ3v) is 4.51. The van der Waals surface area contributed by atoms with Crippen molar-refractivity contribution in [3.05, 3.63) is 32.6 Å². The fourth-order valence-electron chi connectivity index (χ4n) is 2.83. The highest BCUT2D eigenvalue weighted by atomic mass is 16.2. The first-order valence-electron chi connectivity index (χ1n) is 7.12. The molecule has 2 rings (SSSR count). The Morgan fingerprint density at radius 3 is 2.65 bits per heavy atom. The highest BCUT2D eigenvalue weighted by molar-refractivity contribution is 5.02. The zero-order valence-corrected chi connectivity index (χ0v) is 12.5. The van der Waals surface area contributed by atoms with Crippen LogP contribution in [-0.4, -0.2) is 33.7 Å². The molecule has 0 aliphatic carbocycles. The Labute approximate surface area is 118 Å². The van der Waals surface area contributed by atoms with Crippen LogP contribution in [0, 0.1) is 11.8 Å². The number of hydrogen-bond donors (Lipinski definition) is 1. The van der Waals surface area contributed by atoms with E-state index >= 15 is 0 Å². The molecule has 0 bridgehead atoms. The zero-order chi connectivity index (χ0) is 14.9. The monoisotopic (exact) mass is 280 g/mol. The van der Waals surface area contributed by atoms with Gasteiger partial charge in [-0.2, -0.15) is 0 Å². The first-order valence-corrected chi connectivity index (χ1v) is 7.12. The molecular formula is C14H24N4O2. The van der Waals surface area contributed by atoms with Crippen molar-refractivity contribution in [1.82, 2.24) is 14.0 Å². The van der Waals surface area contributed by atoms with Crippen molar-refractivity contribution < 1.29 is 0 Å². The van der Waals surface area contributed by atoms with Crippen LogP contribution in [0.2, 0.25) is 0 Å². The number of piperidine rings is 1. The quantitative estimate of drug-likeness (QED) is 0.810. The highest BCUT2D eigenvalue weighted by Crippen LogP contribution is 2.23. The molecule has 2 N–H and O–H groups in total. The molecule has 6 nitrogen and oxygen atoms in total. The largest absolute Gasteiger partial charge is 0.330 e. The van der Waals surface area contributed by atoms with Crippen molar-refractivity contribution >= 4 is 0 Å². The lowest BCUT2D eigenvalue weighted by molar-refractivity contribution is 0.123. The van der Waals surface area contributed by atoms with E-state index in [9.17, 15) is 9.59 Å². The summed E-state index contributed by atoms with van der Waals surface area (Å²) in [6.45, 7) is 5.48. The van der Waals surface area contributed by atoms with E-state index in [2.05, 4.69) is 11.8 Å². The summed E-state index contributed by atoms with van der Waals surface area (Å²) in [5.74, 6) is 1.14. The molecule has 2 unspecified atom stereocenters. The summed E-state index contributed by atoms with van der Waals surface area (Å²) in [5.41, 5.74) is 6.06. The van der Waals surface area contributed by atoms with Crippen LogP contribution in [-0.2, 0) is 20.6 Å². The summed E-state index contributed by atoms with van der Waals surface area (Å²) in [7, 11) is 3.21. The summed E-state index contributed by atoms with van der Waals surface area (Å²) >= 11 is 0. The van der Waals surface area contributed by atoms with Gasteiger partial charge in [-0.15, -0.1) is 0 Å². The lowest BCUT2D eigenvalue weighted by atomic mass is 9.87. The van der Waals surface area contributed by atoms with Crippen molar-refractivity contribution in [2.24, 2.45) is 31.7 Å². The molecule has 0 spiro atoms. The Morgan fingerprint density at radius 2 is 2.00 bits per heavy atom. The summed E-state index contributed by atoms with van der Waals surface area (Å²) in [6.07, 6.45) is 1.11. The fourth-order valence-corrected chi connectivity index (χ4v) is 2.83. The molecule has 6 heteroatoms. The highest BCUT2D eigenvalue weighted by Gasteiger charge is 2.25. The normalized spacial score (nSPS) is 24.0. The van der Waals surface area contributed by atoms with Gasteiger partial charge in [0.1, 0.15) is 0 Å². The average molecular weight is 280 g/mol. The molecule has 0 saturated carbocycles. The maximum Gasteiger partial charge on any atom is 0.330 e. The second-order valence-corrected chi connectivity index (χ2v) is 5.87. The van der Waals surface area contributed by atoms with E-state index in [4.69, 9.17) is 5.73 Å². The first kappa shape index (κ1) is 15.0. The molecule has 20 heavy (non-hydrogen) atoms. The van der Waals surface area contributed by atoms with Crippen LogP contribution in [0.1, 0.15) is 19.0 Å². The van der Waals surface area contributed by atoms with Gasteiger partial charge in [0.2, 0.25) is 0 Å². The molecule has 0 amide bonds.